The molecule has 0 spiro atoms. The van der Waals surface area contributed by atoms with E-state index in [4.69, 9.17) is 0 Å². The molecule has 0 aliphatic rings. The smallest absolute Gasteiger partial charge is 0.269 e. The maximum Gasteiger partial charge on any atom is 0.269 e. The summed E-state index contributed by atoms with van der Waals surface area (Å²) in [5, 5.41) is 0. The van der Waals surface area contributed by atoms with Gasteiger partial charge >= 0.3 is 0 Å². The van der Waals surface area contributed by atoms with Crippen molar-refractivity contribution in [1.29, 1.82) is 0 Å². The van der Waals surface area contributed by atoms with E-state index in [0.717, 1.165) is 5.56 Å². The zero-order valence-electron chi connectivity index (χ0n) is 9.76. The Morgan fingerprint density at radius 3 is 2.39 bits per heavy atom. The summed E-state index contributed by atoms with van der Waals surface area (Å²) >= 11 is 0. The molecule has 1 amide bonds. The Morgan fingerprint density at radius 2 is 1.72 bits per heavy atom. The SMILES string of the molecule is C=C(NNC(=O)c1ccccc1)c1cccnc1. The van der Waals surface area contributed by atoms with Crippen LogP contribution >= 0.6 is 0 Å². The molecule has 1 aromatic heterocycles. The topological polar surface area (TPSA) is 54.0 Å². The van der Waals surface area contributed by atoms with Gasteiger partial charge in [0.1, 0.15) is 0 Å². The summed E-state index contributed by atoms with van der Waals surface area (Å²) in [5.41, 5.74) is 7.35. The molecule has 0 fully saturated rings. The summed E-state index contributed by atoms with van der Waals surface area (Å²) in [7, 11) is 0. The molecule has 90 valence electrons. The van der Waals surface area contributed by atoms with Gasteiger partial charge in [0.25, 0.3) is 5.91 Å². The van der Waals surface area contributed by atoms with E-state index in [2.05, 4.69) is 22.4 Å². The molecule has 0 atom stereocenters. The minimum atomic E-state index is -0.208. The van der Waals surface area contributed by atoms with Gasteiger partial charge in [0, 0.05) is 23.5 Å². The third kappa shape index (κ3) is 2.95. The highest BCUT2D eigenvalue weighted by Crippen LogP contribution is 2.05. The maximum atomic E-state index is 11.8. The maximum absolute atomic E-state index is 11.8. The van der Waals surface area contributed by atoms with Crippen LogP contribution in [0.25, 0.3) is 5.70 Å². The van der Waals surface area contributed by atoms with Gasteiger partial charge in [0.2, 0.25) is 0 Å². The van der Waals surface area contributed by atoms with Crippen molar-refractivity contribution < 1.29 is 4.79 Å². The molecule has 2 rings (SSSR count). The molecule has 0 radical (unpaired) electrons. The molecular weight excluding hydrogens is 226 g/mol. The zero-order chi connectivity index (χ0) is 12.8. The van der Waals surface area contributed by atoms with Gasteiger partial charge in [-0.25, -0.2) is 0 Å². The van der Waals surface area contributed by atoms with Crippen molar-refractivity contribution >= 4 is 11.6 Å². The first-order valence-corrected chi connectivity index (χ1v) is 5.48. The Bertz CT molecular complexity index is 486. The number of benzene rings is 1. The Labute approximate surface area is 105 Å². The lowest BCUT2D eigenvalue weighted by atomic mass is 10.2. The molecular formula is C14H13N3O. The van der Waals surface area contributed by atoms with Crippen LogP contribution < -0.4 is 10.9 Å². The number of pyridine rings is 1. The van der Waals surface area contributed by atoms with E-state index < -0.39 is 0 Å². The van der Waals surface area contributed by atoms with Crippen molar-refractivity contribution in [2.75, 3.05) is 0 Å². The van der Waals surface area contributed by atoms with Crippen LogP contribution in [0.3, 0.4) is 0 Å². The molecule has 4 heteroatoms. The highest BCUT2D eigenvalue weighted by Gasteiger charge is 2.04. The second-order valence-electron chi connectivity index (χ2n) is 3.67. The van der Waals surface area contributed by atoms with Crippen LogP contribution in [0, 0.1) is 0 Å². The van der Waals surface area contributed by atoms with E-state index in [0.29, 0.717) is 11.3 Å². The average molecular weight is 239 g/mol. The van der Waals surface area contributed by atoms with Crippen LogP contribution in [-0.2, 0) is 0 Å². The van der Waals surface area contributed by atoms with E-state index in [9.17, 15) is 4.79 Å². The van der Waals surface area contributed by atoms with E-state index in [1.807, 2.05) is 24.3 Å². The number of carbonyl (C=O) groups excluding carboxylic acids is 1. The van der Waals surface area contributed by atoms with Crippen molar-refractivity contribution in [2.45, 2.75) is 0 Å². The standard InChI is InChI=1S/C14H13N3O/c1-11(13-8-5-9-15-10-13)16-17-14(18)12-6-3-2-4-7-12/h2-10,16H,1H2,(H,17,18). The Morgan fingerprint density at radius 1 is 1.00 bits per heavy atom. The van der Waals surface area contributed by atoms with Gasteiger partial charge in [-0.1, -0.05) is 24.8 Å². The molecule has 18 heavy (non-hydrogen) atoms. The van der Waals surface area contributed by atoms with Gasteiger partial charge in [-0.2, -0.15) is 0 Å². The predicted molar refractivity (Wildman–Crippen MR) is 70.3 cm³/mol. The Kier molecular flexibility index (Phi) is 3.71. The summed E-state index contributed by atoms with van der Waals surface area (Å²) in [4.78, 5) is 15.7. The fraction of sp³-hybridized carbons (Fsp3) is 0. The third-order valence-corrected chi connectivity index (χ3v) is 2.37. The number of aromatic nitrogens is 1. The van der Waals surface area contributed by atoms with Crippen molar-refractivity contribution in [3.05, 3.63) is 72.6 Å². The van der Waals surface area contributed by atoms with Crippen LogP contribution in [0.2, 0.25) is 0 Å². The van der Waals surface area contributed by atoms with Gasteiger partial charge in [-0.3, -0.25) is 20.6 Å². The number of nitrogens with zero attached hydrogens (tertiary/aromatic N) is 1. The number of hydrogen-bond donors (Lipinski definition) is 2. The van der Waals surface area contributed by atoms with E-state index in [1.165, 1.54) is 0 Å². The third-order valence-electron chi connectivity index (χ3n) is 2.37. The first-order chi connectivity index (χ1) is 8.77. The minimum Gasteiger partial charge on any atom is -0.298 e. The van der Waals surface area contributed by atoms with Gasteiger partial charge in [-0.05, 0) is 24.3 Å². The Hall–Kier alpha value is -2.62. The largest absolute Gasteiger partial charge is 0.298 e. The molecule has 2 aromatic rings. The van der Waals surface area contributed by atoms with Gasteiger partial charge in [0.05, 0.1) is 5.70 Å². The minimum absolute atomic E-state index is 0.208. The van der Waals surface area contributed by atoms with Crippen LogP contribution in [0.5, 0.6) is 0 Å². The van der Waals surface area contributed by atoms with Gasteiger partial charge < -0.3 is 0 Å². The fourth-order valence-electron chi connectivity index (χ4n) is 1.41. The molecule has 4 nitrogen and oxygen atoms in total. The molecule has 1 aromatic carbocycles. The summed E-state index contributed by atoms with van der Waals surface area (Å²) in [6.45, 7) is 3.82. The predicted octanol–water partition coefficient (Wildman–Crippen LogP) is 1.99. The number of nitrogens with one attached hydrogen (secondary N) is 2. The van der Waals surface area contributed by atoms with Crippen LogP contribution in [0.4, 0.5) is 0 Å². The number of rotatable bonds is 4. The number of amides is 1. The Balaban J connectivity index is 1.93. The van der Waals surface area contributed by atoms with Gasteiger partial charge in [0.15, 0.2) is 0 Å². The number of carbonyl (C=O) groups is 1. The van der Waals surface area contributed by atoms with Crippen LogP contribution in [-0.4, -0.2) is 10.9 Å². The quantitative estimate of drug-likeness (QED) is 0.802. The molecule has 1 heterocycles. The van der Waals surface area contributed by atoms with Crippen molar-refractivity contribution in [3.63, 3.8) is 0 Å². The number of hydrogen-bond acceptors (Lipinski definition) is 3. The van der Waals surface area contributed by atoms with E-state index in [-0.39, 0.29) is 5.91 Å². The normalized spacial score (nSPS) is 9.56. The molecule has 0 bridgehead atoms. The fourth-order valence-corrected chi connectivity index (χ4v) is 1.41. The monoisotopic (exact) mass is 239 g/mol. The summed E-state index contributed by atoms with van der Waals surface area (Å²) < 4.78 is 0. The summed E-state index contributed by atoms with van der Waals surface area (Å²) in [5.74, 6) is -0.208. The van der Waals surface area contributed by atoms with Crippen molar-refractivity contribution in [2.24, 2.45) is 0 Å². The molecule has 0 saturated carbocycles. The van der Waals surface area contributed by atoms with Gasteiger partial charge in [-0.15, -0.1) is 0 Å². The van der Waals surface area contributed by atoms with Crippen molar-refractivity contribution in [1.82, 2.24) is 15.8 Å². The first kappa shape index (κ1) is 11.9. The second kappa shape index (κ2) is 5.63. The molecule has 0 aliphatic carbocycles. The zero-order valence-corrected chi connectivity index (χ0v) is 9.76. The first-order valence-electron chi connectivity index (χ1n) is 5.48. The molecule has 0 unspecified atom stereocenters. The lowest BCUT2D eigenvalue weighted by Gasteiger charge is -2.10. The molecule has 0 aliphatic heterocycles. The highest BCUT2D eigenvalue weighted by atomic mass is 16.2. The van der Waals surface area contributed by atoms with Crippen molar-refractivity contribution in [3.8, 4) is 0 Å². The average Bonchev–Trinajstić information content (AvgIpc) is 2.46. The molecule has 2 N–H and O–H groups in total. The number of hydrazine groups is 1. The lowest BCUT2D eigenvalue weighted by Crippen LogP contribution is -2.35. The van der Waals surface area contributed by atoms with Crippen LogP contribution in [0.1, 0.15) is 15.9 Å². The highest BCUT2D eigenvalue weighted by molar-refractivity contribution is 5.94. The van der Waals surface area contributed by atoms with Crippen LogP contribution in [0.15, 0.2) is 61.4 Å². The lowest BCUT2D eigenvalue weighted by molar-refractivity contribution is 0.0942. The van der Waals surface area contributed by atoms with E-state index >= 15 is 0 Å². The second-order valence-corrected chi connectivity index (χ2v) is 3.67. The summed E-state index contributed by atoms with van der Waals surface area (Å²) in [6, 6.07) is 12.6. The van der Waals surface area contributed by atoms with E-state index in [1.54, 1.807) is 30.6 Å². The molecule has 0 saturated heterocycles. The summed E-state index contributed by atoms with van der Waals surface area (Å²) in [6.07, 6.45) is 3.35.